The van der Waals surface area contributed by atoms with Crippen LogP contribution >= 0.6 is 0 Å². The lowest BCUT2D eigenvalue weighted by Gasteiger charge is -2.06. The Morgan fingerprint density at radius 3 is 2.42 bits per heavy atom. The van der Waals surface area contributed by atoms with E-state index < -0.39 is 5.56 Å². The van der Waals surface area contributed by atoms with Crippen molar-refractivity contribution >= 4 is 5.65 Å². The number of hydrogen-bond acceptors (Lipinski definition) is 3. The maximum absolute atomic E-state index is 13.1. The number of nitrogens with zero attached hydrogens (tertiary/aromatic N) is 2. The van der Waals surface area contributed by atoms with E-state index in [1.807, 2.05) is 6.07 Å². The molecule has 0 aliphatic rings. The normalized spacial score (nSPS) is 11.0. The van der Waals surface area contributed by atoms with Crippen LogP contribution in [0.4, 0.5) is 4.39 Å². The molecule has 2 N–H and O–H groups in total. The van der Waals surface area contributed by atoms with E-state index in [0.717, 1.165) is 0 Å². The maximum atomic E-state index is 13.1. The number of H-pyrrole nitrogens is 1. The number of halogens is 1. The maximum Gasteiger partial charge on any atom is 0.262 e. The van der Waals surface area contributed by atoms with Crippen LogP contribution in [0.5, 0.6) is 5.88 Å². The molecule has 6 heteroatoms. The molecule has 0 aliphatic carbocycles. The molecule has 4 aromatic rings. The largest absolute Gasteiger partial charge is 0.493 e. The summed E-state index contributed by atoms with van der Waals surface area (Å²) in [7, 11) is 0. The number of nitrogens with one attached hydrogen (secondary N) is 1. The molecule has 5 nitrogen and oxygen atoms in total. The quantitative estimate of drug-likeness (QED) is 0.595. The summed E-state index contributed by atoms with van der Waals surface area (Å²) < 4.78 is 14.4. The SMILES string of the molecule is O=c1[nH]c2c(-c3ccc(F)cc3)cnn2c(O)c1-c1ccccc1. The van der Waals surface area contributed by atoms with Crippen molar-refractivity contribution in [2.75, 3.05) is 0 Å². The van der Waals surface area contributed by atoms with Crippen LogP contribution < -0.4 is 5.56 Å². The van der Waals surface area contributed by atoms with Gasteiger partial charge in [-0.1, -0.05) is 42.5 Å². The fourth-order valence-corrected chi connectivity index (χ4v) is 2.71. The predicted octanol–water partition coefficient (Wildman–Crippen LogP) is 3.20. The Morgan fingerprint density at radius 1 is 1.00 bits per heavy atom. The van der Waals surface area contributed by atoms with Gasteiger partial charge in [-0.3, -0.25) is 4.79 Å². The van der Waals surface area contributed by atoms with Crippen LogP contribution in [0, 0.1) is 5.82 Å². The lowest BCUT2D eigenvalue weighted by Crippen LogP contribution is -2.12. The van der Waals surface area contributed by atoms with Crippen molar-refractivity contribution in [3.05, 3.63) is 77.0 Å². The summed E-state index contributed by atoms with van der Waals surface area (Å²) in [5, 5.41) is 14.7. The van der Waals surface area contributed by atoms with E-state index in [0.29, 0.717) is 22.3 Å². The van der Waals surface area contributed by atoms with Crippen molar-refractivity contribution in [2.24, 2.45) is 0 Å². The highest BCUT2D eigenvalue weighted by atomic mass is 19.1. The summed E-state index contributed by atoms with van der Waals surface area (Å²) in [6, 6.07) is 14.7. The lowest BCUT2D eigenvalue weighted by molar-refractivity contribution is 0.437. The van der Waals surface area contributed by atoms with Gasteiger partial charge in [0.15, 0.2) is 0 Å². The third-order valence-corrected chi connectivity index (χ3v) is 3.87. The van der Waals surface area contributed by atoms with E-state index in [1.54, 1.807) is 36.4 Å². The molecule has 0 saturated carbocycles. The Balaban J connectivity index is 1.97. The smallest absolute Gasteiger partial charge is 0.262 e. The Hall–Kier alpha value is -3.41. The van der Waals surface area contributed by atoms with Crippen LogP contribution in [0.15, 0.2) is 65.6 Å². The third kappa shape index (κ3) is 2.16. The average Bonchev–Trinajstić information content (AvgIpc) is 3.00. The van der Waals surface area contributed by atoms with Gasteiger partial charge in [0.2, 0.25) is 5.88 Å². The number of benzene rings is 2. The number of aromatic amines is 1. The van der Waals surface area contributed by atoms with Gasteiger partial charge in [0, 0.05) is 5.56 Å². The van der Waals surface area contributed by atoms with Crippen LogP contribution in [0.3, 0.4) is 0 Å². The van der Waals surface area contributed by atoms with Crippen LogP contribution in [-0.2, 0) is 0 Å². The minimum Gasteiger partial charge on any atom is -0.493 e. The van der Waals surface area contributed by atoms with E-state index >= 15 is 0 Å². The van der Waals surface area contributed by atoms with Gasteiger partial charge in [0.05, 0.1) is 6.20 Å². The molecule has 0 saturated heterocycles. The first-order chi connectivity index (χ1) is 11.6. The van der Waals surface area contributed by atoms with E-state index in [1.165, 1.54) is 22.8 Å². The van der Waals surface area contributed by atoms with Gasteiger partial charge in [-0.25, -0.2) is 4.39 Å². The van der Waals surface area contributed by atoms with Gasteiger partial charge in [0.1, 0.15) is 17.0 Å². The van der Waals surface area contributed by atoms with Crippen molar-refractivity contribution < 1.29 is 9.50 Å². The molecule has 2 aromatic heterocycles. The molecule has 2 aromatic carbocycles. The van der Waals surface area contributed by atoms with Gasteiger partial charge in [-0.05, 0) is 23.3 Å². The van der Waals surface area contributed by atoms with Crippen LogP contribution in [-0.4, -0.2) is 19.7 Å². The van der Waals surface area contributed by atoms with Crippen molar-refractivity contribution in [3.63, 3.8) is 0 Å². The van der Waals surface area contributed by atoms with Gasteiger partial charge in [-0.2, -0.15) is 9.61 Å². The molecule has 0 radical (unpaired) electrons. The van der Waals surface area contributed by atoms with E-state index in [-0.39, 0.29) is 17.3 Å². The first kappa shape index (κ1) is 14.2. The second-order valence-corrected chi connectivity index (χ2v) is 5.34. The monoisotopic (exact) mass is 321 g/mol. The van der Waals surface area contributed by atoms with Gasteiger partial charge < -0.3 is 10.1 Å². The number of hydrogen-bond donors (Lipinski definition) is 2. The zero-order valence-electron chi connectivity index (χ0n) is 12.4. The molecule has 118 valence electrons. The van der Waals surface area contributed by atoms with E-state index in [4.69, 9.17) is 0 Å². The van der Waals surface area contributed by atoms with Crippen LogP contribution in [0.2, 0.25) is 0 Å². The summed E-state index contributed by atoms with van der Waals surface area (Å²) in [6.45, 7) is 0. The van der Waals surface area contributed by atoms with Crippen molar-refractivity contribution in [1.82, 2.24) is 14.6 Å². The summed E-state index contributed by atoms with van der Waals surface area (Å²) in [5.41, 5.74) is 1.96. The molecular formula is C18H12FN3O2. The fourth-order valence-electron chi connectivity index (χ4n) is 2.71. The standard InChI is InChI=1S/C18H12FN3O2/c19-13-8-6-11(7-9-13)14-10-20-22-16(14)21-17(23)15(18(22)24)12-4-2-1-3-5-12/h1-10,24H,(H,21,23). The Morgan fingerprint density at radius 2 is 1.71 bits per heavy atom. The van der Waals surface area contributed by atoms with Crippen molar-refractivity contribution in [3.8, 4) is 28.1 Å². The van der Waals surface area contributed by atoms with Gasteiger partial charge in [0.25, 0.3) is 5.56 Å². The second kappa shape index (κ2) is 5.34. The lowest BCUT2D eigenvalue weighted by atomic mass is 10.1. The fraction of sp³-hybridized carbons (Fsp3) is 0. The Labute approximate surface area is 135 Å². The van der Waals surface area contributed by atoms with Gasteiger partial charge >= 0.3 is 0 Å². The van der Waals surface area contributed by atoms with Gasteiger partial charge in [-0.15, -0.1) is 0 Å². The Kier molecular flexibility index (Phi) is 3.16. The zero-order valence-corrected chi connectivity index (χ0v) is 12.4. The number of aromatic nitrogens is 3. The average molecular weight is 321 g/mol. The predicted molar refractivity (Wildman–Crippen MR) is 88.3 cm³/mol. The molecule has 0 spiro atoms. The van der Waals surface area contributed by atoms with Crippen molar-refractivity contribution in [2.45, 2.75) is 0 Å². The first-order valence-electron chi connectivity index (χ1n) is 7.29. The van der Waals surface area contributed by atoms with Crippen LogP contribution in [0.1, 0.15) is 0 Å². The minimum absolute atomic E-state index is 0.150. The molecule has 0 unspecified atom stereocenters. The second-order valence-electron chi connectivity index (χ2n) is 5.34. The summed E-state index contributed by atoms with van der Waals surface area (Å²) in [5.74, 6) is -0.591. The first-order valence-corrected chi connectivity index (χ1v) is 7.29. The number of rotatable bonds is 2. The summed E-state index contributed by atoms with van der Waals surface area (Å²) >= 11 is 0. The topological polar surface area (TPSA) is 70.4 Å². The van der Waals surface area contributed by atoms with E-state index in [2.05, 4.69) is 10.1 Å². The number of aromatic hydroxyl groups is 1. The zero-order chi connectivity index (χ0) is 16.7. The number of fused-ring (bicyclic) bond motifs is 1. The summed E-state index contributed by atoms with van der Waals surface area (Å²) in [6.07, 6.45) is 1.52. The molecule has 0 fully saturated rings. The highest BCUT2D eigenvalue weighted by Crippen LogP contribution is 2.29. The highest BCUT2D eigenvalue weighted by Gasteiger charge is 2.17. The minimum atomic E-state index is -0.421. The molecule has 0 atom stereocenters. The molecular weight excluding hydrogens is 309 g/mol. The molecule has 2 heterocycles. The molecule has 0 amide bonds. The molecule has 0 aliphatic heterocycles. The Bertz CT molecular complexity index is 1080. The van der Waals surface area contributed by atoms with Crippen LogP contribution in [0.25, 0.3) is 27.9 Å². The van der Waals surface area contributed by atoms with E-state index in [9.17, 15) is 14.3 Å². The molecule has 4 rings (SSSR count). The molecule has 0 bridgehead atoms. The summed E-state index contributed by atoms with van der Waals surface area (Å²) in [4.78, 5) is 15.2. The molecule has 24 heavy (non-hydrogen) atoms. The third-order valence-electron chi connectivity index (χ3n) is 3.87. The highest BCUT2D eigenvalue weighted by molar-refractivity contribution is 5.79. The van der Waals surface area contributed by atoms with Crippen molar-refractivity contribution in [1.29, 1.82) is 0 Å².